The largest absolute Gasteiger partial charge is 0.498 e. The summed E-state index contributed by atoms with van der Waals surface area (Å²) in [7, 11) is -0.502. The Bertz CT molecular complexity index is 773. The highest BCUT2D eigenvalue weighted by molar-refractivity contribution is 6.61. The van der Waals surface area contributed by atoms with Crippen molar-refractivity contribution in [3.63, 3.8) is 0 Å². The van der Waals surface area contributed by atoms with Gasteiger partial charge in [-0.15, -0.1) is 0 Å². The lowest BCUT2D eigenvalue weighted by atomic mass is 9.81. The second-order valence-corrected chi connectivity index (χ2v) is 10.1. The van der Waals surface area contributed by atoms with Crippen molar-refractivity contribution in [2.75, 3.05) is 31.1 Å². The molecule has 178 valence electrons. The lowest BCUT2D eigenvalue weighted by Crippen LogP contribution is -2.49. The van der Waals surface area contributed by atoms with Crippen molar-refractivity contribution in [1.82, 2.24) is 14.9 Å². The van der Waals surface area contributed by atoms with Gasteiger partial charge in [-0.25, -0.2) is 9.97 Å². The van der Waals surface area contributed by atoms with E-state index in [1.807, 2.05) is 27.7 Å². The van der Waals surface area contributed by atoms with Crippen molar-refractivity contribution in [1.29, 1.82) is 0 Å². The Morgan fingerprint density at radius 1 is 1.25 bits per heavy atom. The summed E-state index contributed by atoms with van der Waals surface area (Å²) >= 11 is 0. The number of hydrogen-bond acceptors (Lipinski definition) is 8. The number of hydrogen-bond donors (Lipinski definition) is 2. The Labute approximate surface area is 191 Å². The summed E-state index contributed by atoms with van der Waals surface area (Å²) in [5, 5.41) is 18.8. The molecule has 1 amide bonds. The third-order valence-corrected chi connectivity index (χ3v) is 6.81. The monoisotopic (exact) mass is 448 g/mol. The summed E-state index contributed by atoms with van der Waals surface area (Å²) in [5.74, 6) is 0.447. The number of nitrogens with zero attached hydrogens (tertiary/aromatic N) is 4. The van der Waals surface area contributed by atoms with Gasteiger partial charge in [-0.1, -0.05) is 0 Å². The van der Waals surface area contributed by atoms with Crippen LogP contribution in [-0.4, -0.2) is 87.7 Å². The van der Waals surface area contributed by atoms with Crippen LogP contribution in [0.25, 0.3) is 0 Å². The minimum Gasteiger partial charge on any atom is -0.399 e. The third kappa shape index (κ3) is 5.25. The first-order valence-electron chi connectivity index (χ1n) is 11.5. The number of amides is 1. The Kier molecular flexibility index (Phi) is 7.49. The number of aliphatic hydroxyl groups excluding tert-OH is 2. The van der Waals surface area contributed by atoms with Gasteiger partial charge in [0.2, 0.25) is 5.95 Å². The van der Waals surface area contributed by atoms with Crippen molar-refractivity contribution in [3.8, 4) is 0 Å². The molecule has 2 unspecified atom stereocenters. The Hall–Kier alpha value is -1.75. The van der Waals surface area contributed by atoms with E-state index in [9.17, 15) is 9.90 Å². The smallest absolute Gasteiger partial charge is 0.399 e. The number of carbonyl (C=O) groups excluding carboxylic acids is 1. The number of aromatic nitrogens is 2. The molecule has 0 spiro atoms. The molecule has 2 aliphatic rings. The van der Waals surface area contributed by atoms with E-state index >= 15 is 0 Å². The van der Waals surface area contributed by atoms with E-state index in [-0.39, 0.29) is 12.0 Å². The molecule has 0 aromatic carbocycles. The van der Waals surface area contributed by atoms with Gasteiger partial charge in [0.1, 0.15) is 0 Å². The molecule has 2 fully saturated rings. The minimum atomic E-state index is -1.35. The minimum absolute atomic E-state index is 0.173. The van der Waals surface area contributed by atoms with E-state index in [1.54, 1.807) is 17.3 Å². The van der Waals surface area contributed by atoms with Gasteiger partial charge in [-0.3, -0.25) is 4.79 Å². The van der Waals surface area contributed by atoms with Gasteiger partial charge >= 0.3 is 7.12 Å². The van der Waals surface area contributed by atoms with E-state index in [4.69, 9.17) is 14.4 Å². The summed E-state index contributed by atoms with van der Waals surface area (Å²) in [4.78, 5) is 25.3. The van der Waals surface area contributed by atoms with Crippen molar-refractivity contribution < 1.29 is 24.3 Å². The number of carbonyl (C=O) groups is 1. The van der Waals surface area contributed by atoms with E-state index in [0.29, 0.717) is 25.6 Å². The standard InChI is InChI=1S/C22H37BN4O5/c1-15(2)27(13-16-8-7-9-26(12-16)19(30)18(29)14-28)20-24-10-17(11-25-20)23-31-21(3,4)22(5,6)32-23/h10-11,15-16,18,28-29H,7-9,12-14H2,1-6H3. The highest BCUT2D eigenvalue weighted by atomic mass is 16.7. The van der Waals surface area contributed by atoms with E-state index < -0.39 is 36.9 Å². The van der Waals surface area contributed by atoms with Gasteiger partial charge in [0.15, 0.2) is 6.10 Å². The van der Waals surface area contributed by atoms with Crippen LogP contribution in [-0.2, 0) is 14.1 Å². The molecule has 3 heterocycles. The average Bonchev–Trinajstić information content (AvgIpc) is 2.98. The van der Waals surface area contributed by atoms with Crippen LogP contribution in [0.4, 0.5) is 5.95 Å². The number of piperidine rings is 1. The van der Waals surface area contributed by atoms with Gasteiger partial charge in [0.05, 0.1) is 17.8 Å². The fraction of sp³-hybridized carbons (Fsp3) is 0.773. The molecule has 10 heteroatoms. The van der Waals surface area contributed by atoms with Crippen LogP contribution in [0.15, 0.2) is 12.4 Å². The first-order chi connectivity index (χ1) is 14.9. The van der Waals surface area contributed by atoms with Crippen LogP contribution in [0.5, 0.6) is 0 Å². The van der Waals surface area contributed by atoms with Crippen LogP contribution in [0, 0.1) is 5.92 Å². The lowest BCUT2D eigenvalue weighted by molar-refractivity contribution is -0.143. The van der Waals surface area contributed by atoms with Crippen molar-refractivity contribution >= 4 is 24.4 Å². The van der Waals surface area contributed by atoms with E-state index in [2.05, 4.69) is 28.7 Å². The molecule has 2 atom stereocenters. The summed E-state index contributed by atoms with van der Waals surface area (Å²) < 4.78 is 12.2. The highest BCUT2D eigenvalue weighted by Gasteiger charge is 2.52. The molecule has 32 heavy (non-hydrogen) atoms. The normalized spacial score (nSPS) is 23.5. The average molecular weight is 448 g/mol. The zero-order valence-electron chi connectivity index (χ0n) is 20.1. The molecule has 1 aromatic rings. The maximum absolute atomic E-state index is 12.3. The fourth-order valence-corrected chi connectivity index (χ4v) is 4.09. The molecule has 3 rings (SSSR count). The Morgan fingerprint density at radius 2 is 1.84 bits per heavy atom. The van der Waals surface area contributed by atoms with Crippen molar-refractivity contribution in [2.45, 2.75) is 77.7 Å². The zero-order chi connectivity index (χ0) is 23.7. The zero-order valence-corrected chi connectivity index (χ0v) is 20.1. The molecule has 0 bridgehead atoms. The van der Waals surface area contributed by atoms with E-state index in [1.165, 1.54) is 0 Å². The maximum atomic E-state index is 12.3. The Balaban J connectivity index is 1.68. The van der Waals surface area contributed by atoms with Crippen LogP contribution in [0.2, 0.25) is 0 Å². The predicted molar refractivity (Wildman–Crippen MR) is 123 cm³/mol. The predicted octanol–water partition coefficient (Wildman–Crippen LogP) is 0.582. The third-order valence-electron chi connectivity index (χ3n) is 6.81. The lowest BCUT2D eigenvalue weighted by Gasteiger charge is -2.37. The second-order valence-electron chi connectivity index (χ2n) is 10.1. The van der Waals surface area contributed by atoms with Crippen LogP contribution in [0.3, 0.4) is 0 Å². The number of likely N-dealkylation sites (tertiary alicyclic amines) is 1. The van der Waals surface area contributed by atoms with Gasteiger partial charge in [-0.05, 0) is 60.3 Å². The molecular weight excluding hydrogens is 411 g/mol. The number of aliphatic hydroxyl groups is 2. The molecular formula is C22H37BN4O5. The number of anilines is 1. The van der Waals surface area contributed by atoms with Gasteiger partial charge in [0.25, 0.3) is 5.91 Å². The summed E-state index contributed by atoms with van der Waals surface area (Å²) in [5.41, 5.74) is -0.0638. The molecule has 9 nitrogen and oxygen atoms in total. The number of rotatable bonds is 7. The summed E-state index contributed by atoms with van der Waals surface area (Å²) in [6.45, 7) is 13.5. The van der Waals surface area contributed by atoms with Crippen molar-refractivity contribution in [3.05, 3.63) is 12.4 Å². The van der Waals surface area contributed by atoms with E-state index in [0.717, 1.165) is 18.3 Å². The molecule has 0 saturated carbocycles. The Morgan fingerprint density at radius 3 is 2.38 bits per heavy atom. The first kappa shape index (κ1) is 24.9. The molecule has 2 N–H and O–H groups in total. The van der Waals surface area contributed by atoms with Gasteiger partial charge < -0.3 is 29.3 Å². The van der Waals surface area contributed by atoms with Crippen LogP contribution >= 0.6 is 0 Å². The van der Waals surface area contributed by atoms with Crippen LogP contribution in [0.1, 0.15) is 54.4 Å². The summed E-state index contributed by atoms with van der Waals surface area (Å²) in [6.07, 6.45) is 4.01. The maximum Gasteiger partial charge on any atom is 0.498 e. The van der Waals surface area contributed by atoms with Gasteiger partial charge in [-0.2, -0.15) is 0 Å². The molecule has 0 aliphatic carbocycles. The fourth-order valence-electron chi connectivity index (χ4n) is 4.09. The molecule has 1 aromatic heterocycles. The molecule has 2 saturated heterocycles. The quantitative estimate of drug-likeness (QED) is 0.584. The van der Waals surface area contributed by atoms with Gasteiger partial charge in [0, 0.05) is 43.5 Å². The highest BCUT2D eigenvalue weighted by Crippen LogP contribution is 2.36. The second kappa shape index (κ2) is 9.63. The molecule has 2 aliphatic heterocycles. The van der Waals surface area contributed by atoms with Crippen LogP contribution < -0.4 is 10.4 Å². The summed E-state index contributed by atoms with van der Waals surface area (Å²) in [6, 6.07) is 0.173. The van der Waals surface area contributed by atoms with Crippen molar-refractivity contribution in [2.24, 2.45) is 5.92 Å². The first-order valence-corrected chi connectivity index (χ1v) is 11.5. The SMILES string of the molecule is CC(C)N(CC1CCCN(C(=O)C(O)CO)C1)c1ncc(B2OC(C)(C)C(C)(C)O2)cn1. The topological polar surface area (TPSA) is 108 Å². The molecule has 0 radical (unpaired) electrons.